The second-order valence-electron chi connectivity index (χ2n) is 5.28. The lowest BCUT2D eigenvalue weighted by Crippen LogP contribution is -2.44. The molecule has 2 aliphatic rings. The number of nitriles is 1. The summed E-state index contributed by atoms with van der Waals surface area (Å²) in [6.45, 7) is 5.64. The van der Waals surface area contributed by atoms with Crippen molar-refractivity contribution >= 4 is 17.3 Å². The topological polar surface area (TPSA) is 39.5 Å². The molecule has 0 aromatic heterocycles. The van der Waals surface area contributed by atoms with E-state index in [1.54, 1.807) is 6.07 Å². The standard InChI is InChI=1S/C15H18ClN3O/c16-14-2-1-3-15(13(14)10-17)19-5-4-12(11-19)18-6-8-20-9-7-18/h1-3,12H,4-9,11H2. The summed E-state index contributed by atoms with van der Waals surface area (Å²) < 4.78 is 5.41. The molecule has 2 aliphatic heterocycles. The van der Waals surface area contributed by atoms with Gasteiger partial charge in [-0.3, -0.25) is 4.90 Å². The van der Waals surface area contributed by atoms with E-state index in [9.17, 15) is 5.26 Å². The summed E-state index contributed by atoms with van der Waals surface area (Å²) in [5.41, 5.74) is 1.56. The average Bonchev–Trinajstić information content (AvgIpc) is 2.97. The van der Waals surface area contributed by atoms with E-state index < -0.39 is 0 Å². The van der Waals surface area contributed by atoms with Gasteiger partial charge in [0.15, 0.2) is 0 Å². The second-order valence-corrected chi connectivity index (χ2v) is 5.69. The molecule has 3 rings (SSSR count). The Labute approximate surface area is 124 Å². The van der Waals surface area contributed by atoms with Crippen LogP contribution >= 0.6 is 11.6 Å². The molecule has 0 radical (unpaired) electrons. The minimum absolute atomic E-state index is 0.542. The fourth-order valence-electron chi connectivity index (χ4n) is 3.09. The fourth-order valence-corrected chi connectivity index (χ4v) is 3.30. The zero-order valence-corrected chi connectivity index (χ0v) is 12.1. The highest BCUT2D eigenvalue weighted by Gasteiger charge is 2.30. The molecule has 0 saturated carbocycles. The Bertz CT molecular complexity index is 522. The Hall–Kier alpha value is -1.28. The largest absolute Gasteiger partial charge is 0.379 e. The maximum atomic E-state index is 9.29. The molecule has 0 spiro atoms. The van der Waals surface area contributed by atoms with E-state index in [1.807, 2.05) is 12.1 Å². The third kappa shape index (κ3) is 2.62. The van der Waals surface area contributed by atoms with Crippen molar-refractivity contribution in [2.24, 2.45) is 0 Å². The SMILES string of the molecule is N#Cc1c(Cl)cccc1N1CCC(N2CCOCC2)C1. The monoisotopic (exact) mass is 291 g/mol. The van der Waals surface area contributed by atoms with Crippen molar-refractivity contribution in [1.82, 2.24) is 4.90 Å². The first-order valence-electron chi connectivity index (χ1n) is 7.05. The molecule has 5 heteroatoms. The maximum Gasteiger partial charge on any atom is 0.103 e. The molecule has 0 N–H and O–H groups in total. The fraction of sp³-hybridized carbons (Fsp3) is 0.533. The number of morpholine rings is 1. The summed E-state index contributed by atoms with van der Waals surface area (Å²) in [5, 5.41) is 9.83. The first-order valence-corrected chi connectivity index (χ1v) is 7.43. The molecule has 106 valence electrons. The predicted molar refractivity (Wildman–Crippen MR) is 79.2 cm³/mol. The van der Waals surface area contributed by atoms with Gasteiger partial charge in [0, 0.05) is 32.2 Å². The summed E-state index contributed by atoms with van der Waals surface area (Å²) in [6.07, 6.45) is 1.14. The number of hydrogen-bond donors (Lipinski definition) is 0. The van der Waals surface area contributed by atoms with Gasteiger partial charge in [0.05, 0.1) is 29.5 Å². The Morgan fingerprint density at radius 2 is 2.05 bits per heavy atom. The maximum absolute atomic E-state index is 9.29. The molecular weight excluding hydrogens is 274 g/mol. The molecule has 1 unspecified atom stereocenters. The average molecular weight is 292 g/mol. The predicted octanol–water partition coefficient (Wildman–Crippen LogP) is 2.12. The minimum atomic E-state index is 0.542. The highest BCUT2D eigenvalue weighted by atomic mass is 35.5. The van der Waals surface area contributed by atoms with Gasteiger partial charge in [-0.25, -0.2) is 0 Å². The van der Waals surface area contributed by atoms with Gasteiger partial charge in [0.1, 0.15) is 6.07 Å². The van der Waals surface area contributed by atoms with E-state index >= 15 is 0 Å². The van der Waals surface area contributed by atoms with Crippen molar-refractivity contribution in [2.45, 2.75) is 12.5 Å². The van der Waals surface area contributed by atoms with Crippen LogP contribution in [0.4, 0.5) is 5.69 Å². The Balaban J connectivity index is 1.74. The highest BCUT2D eigenvalue weighted by molar-refractivity contribution is 6.32. The summed E-state index contributed by atoms with van der Waals surface area (Å²) in [6, 6.07) is 8.47. The van der Waals surface area contributed by atoms with Crippen molar-refractivity contribution in [1.29, 1.82) is 5.26 Å². The van der Waals surface area contributed by atoms with Gasteiger partial charge < -0.3 is 9.64 Å². The van der Waals surface area contributed by atoms with E-state index in [1.165, 1.54) is 0 Å². The van der Waals surface area contributed by atoms with Crippen molar-refractivity contribution in [3.8, 4) is 6.07 Å². The first kappa shape index (κ1) is 13.7. The summed E-state index contributed by atoms with van der Waals surface area (Å²) >= 11 is 6.12. The van der Waals surface area contributed by atoms with Crippen LogP contribution in [0, 0.1) is 11.3 Å². The number of ether oxygens (including phenoxy) is 1. The first-order chi connectivity index (χ1) is 9.79. The van der Waals surface area contributed by atoms with Crippen LogP contribution in [0.5, 0.6) is 0 Å². The van der Waals surface area contributed by atoms with Gasteiger partial charge in [-0.05, 0) is 18.6 Å². The van der Waals surface area contributed by atoms with Crippen molar-refractivity contribution in [3.05, 3.63) is 28.8 Å². The van der Waals surface area contributed by atoms with Gasteiger partial charge in [0.25, 0.3) is 0 Å². The van der Waals surface area contributed by atoms with Crippen LogP contribution < -0.4 is 4.90 Å². The van der Waals surface area contributed by atoms with Crippen molar-refractivity contribution < 1.29 is 4.74 Å². The van der Waals surface area contributed by atoms with Gasteiger partial charge in [-0.2, -0.15) is 5.26 Å². The van der Waals surface area contributed by atoms with Gasteiger partial charge in [0.2, 0.25) is 0 Å². The molecule has 0 bridgehead atoms. The quantitative estimate of drug-likeness (QED) is 0.837. The third-order valence-corrected chi connectivity index (χ3v) is 4.48. The van der Waals surface area contributed by atoms with E-state index in [2.05, 4.69) is 15.9 Å². The van der Waals surface area contributed by atoms with Crippen molar-refractivity contribution in [2.75, 3.05) is 44.3 Å². The molecule has 1 aromatic carbocycles. The lowest BCUT2D eigenvalue weighted by atomic mass is 10.2. The van der Waals surface area contributed by atoms with E-state index in [0.29, 0.717) is 16.6 Å². The molecule has 0 aliphatic carbocycles. The molecule has 4 nitrogen and oxygen atoms in total. The number of benzene rings is 1. The van der Waals surface area contributed by atoms with Gasteiger partial charge in [-0.1, -0.05) is 17.7 Å². The zero-order chi connectivity index (χ0) is 13.9. The Morgan fingerprint density at radius 3 is 2.80 bits per heavy atom. The molecular formula is C15H18ClN3O. The van der Waals surface area contributed by atoms with E-state index in [4.69, 9.17) is 16.3 Å². The number of rotatable bonds is 2. The smallest absolute Gasteiger partial charge is 0.103 e. The summed E-state index contributed by atoms with van der Waals surface area (Å²) in [7, 11) is 0. The van der Waals surface area contributed by atoms with E-state index in [-0.39, 0.29) is 0 Å². The van der Waals surface area contributed by atoms with Crippen LogP contribution in [-0.2, 0) is 4.74 Å². The lowest BCUT2D eigenvalue weighted by molar-refractivity contribution is 0.0209. The van der Waals surface area contributed by atoms with Crippen LogP contribution in [0.1, 0.15) is 12.0 Å². The molecule has 2 saturated heterocycles. The van der Waals surface area contributed by atoms with Crippen LogP contribution in [-0.4, -0.2) is 50.3 Å². The zero-order valence-electron chi connectivity index (χ0n) is 11.4. The van der Waals surface area contributed by atoms with Gasteiger partial charge in [-0.15, -0.1) is 0 Å². The molecule has 2 fully saturated rings. The molecule has 2 heterocycles. The Morgan fingerprint density at radius 1 is 1.25 bits per heavy atom. The molecule has 1 aromatic rings. The molecule has 20 heavy (non-hydrogen) atoms. The van der Waals surface area contributed by atoms with E-state index in [0.717, 1.165) is 51.5 Å². The van der Waals surface area contributed by atoms with Crippen LogP contribution in [0.3, 0.4) is 0 Å². The number of halogens is 1. The summed E-state index contributed by atoms with van der Waals surface area (Å²) in [4.78, 5) is 4.78. The molecule has 0 amide bonds. The highest BCUT2D eigenvalue weighted by Crippen LogP contribution is 2.30. The number of anilines is 1. The lowest BCUT2D eigenvalue weighted by Gasteiger charge is -2.32. The van der Waals surface area contributed by atoms with Crippen LogP contribution in [0.2, 0.25) is 5.02 Å². The second kappa shape index (κ2) is 6.01. The summed E-state index contributed by atoms with van der Waals surface area (Å²) in [5.74, 6) is 0. The number of nitrogens with zero attached hydrogens (tertiary/aromatic N) is 3. The number of hydrogen-bond acceptors (Lipinski definition) is 4. The van der Waals surface area contributed by atoms with Crippen molar-refractivity contribution in [3.63, 3.8) is 0 Å². The third-order valence-electron chi connectivity index (χ3n) is 4.17. The van der Waals surface area contributed by atoms with Gasteiger partial charge >= 0.3 is 0 Å². The van der Waals surface area contributed by atoms with Crippen LogP contribution in [0.25, 0.3) is 0 Å². The normalized spacial score (nSPS) is 23.8. The molecule has 1 atom stereocenters. The van der Waals surface area contributed by atoms with Crippen LogP contribution in [0.15, 0.2) is 18.2 Å². The Kier molecular flexibility index (Phi) is 4.11. The minimum Gasteiger partial charge on any atom is -0.379 e.